The predicted molar refractivity (Wildman–Crippen MR) is 76.4 cm³/mol. The van der Waals surface area contributed by atoms with Gasteiger partial charge in [-0.05, 0) is 6.08 Å². The van der Waals surface area contributed by atoms with Gasteiger partial charge in [-0.2, -0.15) is 0 Å². The number of benzene rings is 1. The molecule has 0 radical (unpaired) electrons. The van der Waals surface area contributed by atoms with Gasteiger partial charge in [-0.3, -0.25) is 4.79 Å². The summed E-state index contributed by atoms with van der Waals surface area (Å²) in [5, 5.41) is 12.5. The second-order valence-corrected chi connectivity index (χ2v) is 14.3. The van der Waals surface area contributed by atoms with Crippen LogP contribution in [-0.4, -0.2) is 19.6 Å². The van der Waals surface area contributed by atoms with Gasteiger partial charge in [0, 0.05) is 0 Å². The molecule has 0 saturated heterocycles. The van der Waals surface area contributed by atoms with Crippen molar-refractivity contribution in [3.8, 4) is 0 Å². The van der Waals surface area contributed by atoms with Gasteiger partial charge >= 0.3 is 91.1 Å². The summed E-state index contributed by atoms with van der Waals surface area (Å²) in [6.45, 7) is 7.18. The van der Waals surface area contributed by atoms with Gasteiger partial charge in [0.25, 0.3) is 0 Å². The molecule has 0 bridgehead atoms. The average molecular weight is 295 g/mol. The van der Waals surface area contributed by atoms with Crippen LogP contribution in [0.1, 0.15) is 26.3 Å². The van der Waals surface area contributed by atoms with Gasteiger partial charge in [0.15, 0.2) is 0 Å². The predicted octanol–water partition coefficient (Wildman–Crippen LogP) is 4.17. The maximum atomic E-state index is 8.24. The van der Waals surface area contributed by atoms with Crippen LogP contribution in [0.25, 0.3) is 5.41 Å². The van der Waals surface area contributed by atoms with E-state index in [-0.39, 0.29) is 0 Å². The molecular weight excluding hydrogens is 273 g/mol. The molecule has 0 N–H and O–H groups in total. The van der Waals surface area contributed by atoms with Crippen molar-refractivity contribution in [2.45, 2.75) is 41.6 Å². The quantitative estimate of drug-likeness (QED) is 0.456. The SMILES string of the molecule is CC[As+](CC)(CC)Cc1ccccc1.[N-]=C=O. The van der Waals surface area contributed by atoms with E-state index in [2.05, 4.69) is 51.1 Å². The third-order valence-corrected chi connectivity index (χ3v) is 14.0. The third kappa shape index (κ3) is 5.86. The zero-order valence-electron chi connectivity index (χ0n) is 11.0. The molecule has 1 aromatic carbocycles. The molecule has 0 aliphatic carbocycles. The molecule has 2 nitrogen and oxygen atoms in total. The fourth-order valence-electron chi connectivity index (χ4n) is 1.98. The first-order valence-corrected chi connectivity index (χ1v) is 11.4. The zero-order valence-corrected chi connectivity index (χ0v) is 12.9. The van der Waals surface area contributed by atoms with E-state index >= 15 is 0 Å². The van der Waals surface area contributed by atoms with Crippen molar-refractivity contribution in [3.63, 3.8) is 0 Å². The Labute approximate surface area is 107 Å². The fraction of sp³-hybridized carbons (Fsp3) is 0.500. The molecule has 0 atom stereocenters. The minimum atomic E-state index is -1.31. The molecule has 0 fully saturated rings. The van der Waals surface area contributed by atoms with E-state index in [1.807, 2.05) is 0 Å². The standard InChI is InChI=1S/C13H22As.CNO/c1-4-14(5-2,6-3)12-13-10-8-7-9-11-13;2-1-3/h7-11H,4-6,12H2,1-3H3;/q+1;-1. The molecule has 0 heterocycles. The van der Waals surface area contributed by atoms with Crippen molar-refractivity contribution < 1.29 is 4.79 Å². The smallest absolute Gasteiger partial charge is 0.0159 e. The molecule has 0 aromatic heterocycles. The normalized spacial score (nSPS) is 10.1. The average Bonchev–Trinajstić information content (AvgIpc) is 2.38. The first-order chi connectivity index (χ1) is 8.17. The summed E-state index contributed by atoms with van der Waals surface area (Å²) in [7, 11) is 0. The fourth-order valence-corrected chi connectivity index (χ4v) is 8.27. The van der Waals surface area contributed by atoms with Gasteiger partial charge in [0.05, 0.1) is 0 Å². The van der Waals surface area contributed by atoms with E-state index in [0.717, 1.165) is 0 Å². The zero-order chi connectivity index (χ0) is 13.1. The first kappa shape index (κ1) is 16.2. The number of nitrogens with zero attached hydrogens (tertiary/aromatic N) is 1. The van der Waals surface area contributed by atoms with Crippen LogP contribution in [0.3, 0.4) is 0 Å². The third-order valence-electron chi connectivity index (χ3n) is 3.37. The molecule has 0 amide bonds. The second-order valence-electron chi connectivity index (χ2n) is 4.03. The number of hydrogen-bond acceptors (Lipinski definition) is 1. The van der Waals surface area contributed by atoms with Crippen LogP contribution < -0.4 is 0 Å². The molecule has 3 heteroatoms. The Bertz CT molecular complexity index is 319. The van der Waals surface area contributed by atoms with E-state index < -0.39 is 13.6 Å². The van der Waals surface area contributed by atoms with Crippen molar-refractivity contribution in [3.05, 3.63) is 41.3 Å². The second kappa shape index (κ2) is 9.22. The molecule has 0 saturated carbocycles. The van der Waals surface area contributed by atoms with Crippen molar-refractivity contribution >= 4 is 19.6 Å². The van der Waals surface area contributed by atoms with Gasteiger partial charge in [-0.25, -0.2) is 0 Å². The number of isocyanates is 1. The van der Waals surface area contributed by atoms with Crippen molar-refractivity contribution in [1.29, 1.82) is 0 Å². The van der Waals surface area contributed by atoms with Gasteiger partial charge in [-0.15, -0.1) is 0 Å². The monoisotopic (exact) mass is 295 g/mol. The molecule has 0 spiro atoms. The Morgan fingerprint density at radius 1 is 1.06 bits per heavy atom. The first-order valence-electron chi connectivity index (χ1n) is 6.08. The van der Waals surface area contributed by atoms with Crippen molar-refractivity contribution in [2.24, 2.45) is 0 Å². The van der Waals surface area contributed by atoms with Crippen molar-refractivity contribution in [2.75, 3.05) is 0 Å². The van der Waals surface area contributed by atoms with Gasteiger partial charge in [0.2, 0.25) is 0 Å². The van der Waals surface area contributed by atoms with E-state index in [1.165, 1.54) is 20.8 Å². The topological polar surface area (TPSA) is 39.4 Å². The largest absolute Gasteiger partial charge is 0.724 e. The van der Waals surface area contributed by atoms with Crippen LogP contribution in [-0.2, 0) is 10.0 Å². The maximum Gasteiger partial charge on any atom is -0.0159 e. The summed E-state index contributed by atoms with van der Waals surface area (Å²) in [5.74, 6) is 0. The van der Waals surface area contributed by atoms with Crippen LogP contribution in [0, 0.1) is 0 Å². The molecule has 1 rings (SSSR count). The minimum Gasteiger partial charge on any atom is -0.724 e. The van der Waals surface area contributed by atoms with E-state index in [4.69, 9.17) is 10.2 Å². The summed E-state index contributed by atoms with van der Waals surface area (Å²) in [6, 6.07) is 11.0. The molecule has 1 aromatic rings. The summed E-state index contributed by atoms with van der Waals surface area (Å²) >= 11 is -1.31. The Morgan fingerprint density at radius 3 is 1.82 bits per heavy atom. The summed E-state index contributed by atoms with van der Waals surface area (Å²) < 4.78 is 0. The Morgan fingerprint density at radius 2 is 1.47 bits per heavy atom. The Hall–Kier alpha value is -0.842. The Kier molecular flexibility index (Phi) is 8.76. The summed E-state index contributed by atoms with van der Waals surface area (Å²) in [4.78, 5) is 8.24. The summed E-state index contributed by atoms with van der Waals surface area (Å²) in [6.07, 6.45) is 0.500. The van der Waals surface area contributed by atoms with Crippen LogP contribution in [0.5, 0.6) is 0 Å². The maximum absolute atomic E-state index is 8.24. The van der Waals surface area contributed by atoms with Gasteiger partial charge in [-0.1, -0.05) is 0 Å². The molecule has 0 aliphatic rings. The van der Waals surface area contributed by atoms with E-state index in [9.17, 15) is 0 Å². The number of rotatable bonds is 5. The Balaban J connectivity index is 0.000000770. The molecular formula is C14H22AsNO. The van der Waals surface area contributed by atoms with Gasteiger partial charge < -0.3 is 5.41 Å². The van der Waals surface area contributed by atoms with Crippen LogP contribution in [0.2, 0.25) is 15.6 Å². The molecule has 0 unspecified atom stereocenters. The molecule has 94 valence electrons. The number of carbonyl (C=O) groups excluding carboxylic acids is 1. The molecule has 17 heavy (non-hydrogen) atoms. The van der Waals surface area contributed by atoms with Crippen LogP contribution in [0.4, 0.5) is 0 Å². The van der Waals surface area contributed by atoms with Crippen LogP contribution >= 0.6 is 0 Å². The van der Waals surface area contributed by atoms with E-state index in [1.54, 1.807) is 5.56 Å². The minimum absolute atomic E-state index is 0.500. The summed E-state index contributed by atoms with van der Waals surface area (Å²) in [5.41, 5.74) is 1.56. The van der Waals surface area contributed by atoms with Gasteiger partial charge in [0.1, 0.15) is 0 Å². The molecule has 0 aliphatic heterocycles. The van der Waals surface area contributed by atoms with Crippen LogP contribution in [0.15, 0.2) is 30.3 Å². The van der Waals surface area contributed by atoms with Crippen molar-refractivity contribution in [1.82, 2.24) is 0 Å². The number of hydrogen-bond donors (Lipinski definition) is 0. The van der Waals surface area contributed by atoms with E-state index in [0.29, 0.717) is 6.08 Å².